The molecule has 0 aliphatic rings. The number of rotatable bonds is 2. The molecule has 1 amide bonds. The molecule has 0 spiro atoms. The zero-order valence-corrected chi connectivity index (χ0v) is 19.1. The summed E-state index contributed by atoms with van der Waals surface area (Å²) in [7, 11) is 0. The molecule has 0 unspecified atom stereocenters. The lowest BCUT2D eigenvalue weighted by Gasteiger charge is -2.06. The monoisotopic (exact) mass is 512 g/mol. The molecule has 5 aromatic rings. The van der Waals surface area contributed by atoms with Gasteiger partial charge in [0, 0.05) is 16.3 Å². The van der Waals surface area contributed by atoms with Gasteiger partial charge in [-0.05, 0) is 42.5 Å². The van der Waals surface area contributed by atoms with Crippen LogP contribution in [-0.4, -0.2) is 20.9 Å². The number of aromatic amines is 1. The second-order valence-corrected chi connectivity index (χ2v) is 7.95. The van der Waals surface area contributed by atoms with Gasteiger partial charge in [0.15, 0.2) is 5.15 Å². The Labute approximate surface area is 210 Å². The number of amides is 1. The Bertz CT molecular complexity index is 1520. The minimum Gasteiger partial charge on any atom is -0.320 e. The van der Waals surface area contributed by atoms with Crippen molar-refractivity contribution in [3.05, 3.63) is 110 Å². The molecule has 172 valence electrons. The average molecular weight is 514 g/mol. The van der Waals surface area contributed by atoms with Gasteiger partial charge in [-0.15, -0.1) is 0 Å². The second kappa shape index (κ2) is 11.1. The number of nitrogens with zero attached hydrogens (tertiary/aromatic N) is 2. The molecular formula is C25H19Cl3N4O2. The lowest BCUT2D eigenvalue weighted by atomic mass is 10.1. The van der Waals surface area contributed by atoms with Crippen LogP contribution in [0.15, 0.2) is 83.7 Å². The Balaban J connectivity index is 0.000000185. The highest BCUT2D eigenvalue weighted by molar-refractivity contribution is 6.34. The number of anilines is 1. The summed E-state index contributed by atoms with van der Waals surface area (Å²) < 4.78 is 0. The largest absolute Gasteiger partial charge is 0.320 e. The Morgan fingerprint density at radius 3 is 2.09 bits per heavy atom. The van der Waals surface area contributed by atoms with Crippen molar-refractivity contribution < 1.29 is 4.79 Å². The van der Waals surface area contributed by atoms with Crippen molar-refractivity contribution >= 4 is 68.2 Å². The minimum atomic E-state index is -0.239. The zero-order valence-electron chi connectivity index (χ0n) is 16.9. The number of pyridine rings is 3. The number of fused-ring (bicyclic) bond motifs is 3. The van der Waals surface area contributed by atoms with Gasteiger partial charge in [-0.3, -0.25) is 9.59 Å². The van der Waals surface area contributed by atoms with E-state index in [1.54, 1.807) is 54.6 Å². The van der Waals surface area contributed by atoms with Gasteiger partial charge in [0.2, 0.25) is 0 Å². The molecule has 2 aromatic carbocycles. The predicted octanol–water partition coefficient (Wildman–Crippen LogP) is 7.01. The van der Waals surface area contributed by atoms with E-state index in [1.165, 1.54) is 0 Å². The van der Waals surface area contributed by atoms with Gasteiger partial charge in [-0.1, -0.05) is 78.6 Å². The summed E-state index contributed by atoms with van der Waals surface area (Å²) in [4.78, 5) is 34.4. The molecular weight excluding hydrogens is 495 g/mol. The maximum absolute atomic E-state index is 11.8. The molecule has 0 aliphatic heterocycles. The van der Waals surface area contributed by atoms with Gasteiger partial charge in [0.25, 0.3) is 11.5 Å². The fourth-order valence-corrected chi connectivity index (χ4v) is 3.65. The highest BCUT2D eigenvalue weighted by Crippen LogP contribution is 2.22. The smallest absolute Gasteiger partial charge is 0.256 e. The average Bonchev–Trinajstić information content (AvgIpc) is 2.82. The molecule has 9 heteroatoms. The number of nitrogens with one attached hydrogen (secondary N) is 2. The van der Waals surface area contributed by atoms with Crippen molar-refractivity contribution in [1.82, 2.24) is 15.0 Å². The third kappa shape index (κ3) is 5.72. The SMILES string of the molecule is C.O=C(Nc1ccc(Cl)nc1Cl)c1ccccc1.O=c1[nH]c2ccc(Cl)nc2c2ccccc12. The van der Waals surface area contributed by atoms with E-state index in [0.29, 0.717) is 27.3 Å². The topological polar surface area (TPSA) is 87.7 Å². The molecule has 3 heterocycles. The van der Waals surface area contributed by atoms with E-state index in [9.17, 15) is 9.59 Å². The molecule has 5 rings (SSSR count). The number of carbonyl (C=O) groups is 1. The van der Waals surface area contributed by atoms with Crippen LogP contribution in [0.2, 0.25) is 15.5 Å². The lowest BCUT2D eigenvalue weighted by molar-refractivity contribution is 0.102. The fraction of sp³-hybridized carbons (Fsp3) is 0.0400. The number of hydrogen-bond donors (Lipinski definition) is 2. The molecule has 2 N–H and O–H groups in total. The van der Waals surface area contributed by atoms with Crippen molar-refractivity contribution in [2.45, 2.75) is 7.43 Å². The van der Waals surface area contributed by atoms with E-state index in [4.69, 9.17) is 34.8 Å². The molecule has 0 bridgehead atoms. The quantitative estimate of drug-likeness (QED) is 0.196. The zero-order chi connectivity index (χ0) is 23.4. The second-order valence-electron chi connectivity index (χ2n) is 6.82. The van der Waals surface area contributed by atoms with Crippen molar-refractivity contribution in [2.24, 2.45) is 0 Å². The third-order valence-corrected chi connectivity index (χ3v) is 5.34. The molecule has 0 atom stereocenters. The number of halogens is 3. The van der Waals surface area contributed by atoms with E-state index >= 15 is 0 Å². The van der Waals surface area contributed by atoms with E-state index in [1.807, 2.05) is 24.3 Å². The van der Waals surface area contributed by atoms with Crippen LogP contribution in [0, 0.1) is 0 Å². The van der Waals surface area contributed by atoms with E-state index in [0.717, 1.165) is 10.9 Å². The van der Waals surface area contributed by atoms with Gasteiger partial charge >= 0.3 is 0 Å². The molecule has 6 nitrogen and oxygen atoms in total. The number of benzene rings is 2. The first kappa shape index (κ1) is 25.2. The standard InChI is InChI=1S/C12H8Cl2N2O.C12H7ClN2O.CH4/c13-10-7-6-9(11(14)16-10)15-12(17)8-4-2-1-3-5-8;13-10-6-5-9-11(15-10)7-3-1-2-4-8(7)12(16)14-9;/h1-7H,(H,15,17);1-6H,(H,14,16);1H4. The number of aromatic nitrogens is 3. The predicted molar refractivity (Wildman–Crippen MR) is 140 cm³/mol. The Hall–Kier alpha value is -3.45. The Morgan fingerprint density at radius 1 is 0.765 bits per heavy atom. The summed E-state index contributed by atoms with van der Waals surface area (Å²) in [5.41, 5.74) is 2.31. The lowest BCUT2D eigenvalue weighted by Crippen LogP contribution is -2.12. The van der Waals surface area contributed by atoms with Crippen LogP contribution in [-0.2, 0) is 0 Å². The highest BCUT2D eigenvalue weighted by Gasteiger charge is 2.09. The molecule has 3 aromatic heterocycles. The summed E-state index contributed by atoms with van der Waals surface area (Å²) in [6.07, 6.45) is 0. The van der Waals surface area contributed by atoms with Crippen molar-refractivity contribution in [1.29, 1.82) is 0 Å². The number of hydrogen-bond acceptors (Lipinski definition) is 4. The van der Waals surface area contributed by atoms with Crippen LogP contribution in [0.1, 0.15) is 17.8 Å². The van der Waals surface area contributed by atoms with E-state index < -0.39 is 0 Å². The van der Waals surface area contributed by atoms with Crippen LogP contribution in [0.4, 0.5) is 5.69 Å². The van der Waals surface area contributed by atoms with Crippen molar-refractivity contribution in [3.63, 3.8) is 0 Å². The highest BCUT2D eigenvalue weighted by atomic mass is 35.5. The maximum atomic E-state index is 11.8. The molecule has 0 fully saturated rings. The van der Waals surface area contributed by atoms with Crippen molar-refractivity contribution in [3.8, 4) is 0 Å². The first-order valence-corrected chi connectivity index (χ1v) is 10.8. The van der Waals surface area contributed by atoms with Crippen LogP contribution in [0.3, 0.4) is 0 Å². The summed E-state index contributed by atoms with van der Waals surface area (Å²) in [6.45, 7) is 0. The van der Waals surface area contributed by atoms with Crippen LogP contribution in [0.5, 0.6) is 0 Å². The Kier molecular flexibility index (Phi) is 8.23. The van der Waals surface area contributed by atoms with Crippen molar-refractivity contribution in [2.75, 3.05) is 5.32 Å². The third-order valence-electron chi connectivity index (χ3n) is 4.64. The van der Waals surface area contributed by atoms with Crippen LogP contribution in [0.25, 0.3) is 21.8 Å². The first-order chi connectivity index (χ1) is 15.9. The van der Waals surface area contributed by atoms with Gasteiger partial charge in [-0.25, -0.2) is 9.97 Å². The van der Waals surface area contributed by atoms with E-state index in [-0.39, 0.29) is 29.2 Å². The molecule has 0 aliphatic carbocycles. The maximum Gasteiger partial charge on any atom is 0.256 e. The van der Waals surface area contributed by atoms with Crippen LogP contribution < -0.4 is 10.9 Å². The van der Waals surface area contributed by atoms with Gasteiger partial charge in [-0.2, -0.15) is 0 Å². The molecule has 34 heavy (non-hydrogen) atoms. The number of carbonyl (C=O) groups excluding carboxylic acids is 1. The summed E-state index contributed by atoms with van der Waals surface area (Å²) in [6, 6.07) is 22.8. The summed E-state index contributed by atoms with van der Waals surface area (Å²) in [5.74, 6) is -0.239. The molecule has 0 saturated heterocycles. The normalized spacial score (nSPS) is 10.2. The minimum absolute atomic E-state index is 0. The fourth-order valence-electron chi connectivity index (χ4n) is 3.11. The molecule has 0 radical (unpaired) electrons. The van der Waals surface area contributed by atoms with E-state index in [2.05, 4.69) is 20.3 Å². The van der Waals surface area contributed by atoms with Gasteiger partial charge in [0.1, 0.15) is 10.3 Å². The summed E-state index contributed by atoms with van der Waals surface area (Å²) >= 11 is 17.4. The van der Waals surface area contributed by atoms with Gasteiger partial charge < -0.3 is 10.3 Å². The number of H-pyrrole nitrogens is 1. The first-order valence-electron chi connectivity index (χ1n) is 9.68. The Morgan fingerprint density at radius 2 is 1.38 bits per heavy atom. The molecule has 0 saturated carbocycles. The summed E-state index contributed by atoms with van der Waals surface area (Å²) in [5, 5.41) is 4.99. The van der Waals surface area contributed by atoms with Gasteiger partial charge in [0.05, 0.1) is 16.7 Å². The van der Waals surface area contributed by atoms with Crippen LogP contribution >= 0.6 is 34.8 Å².